The number of nitrogens with one attached hydrogen (secondary N) is 1. The van der Waals surface area contributed by atoms with Crippen LogP contribution in [0.5, 0.6) is 0 Å². The predicted molar refractivity (Wildman–Crippen MR) is 98.1 cm³/mol. The predicted octanol–water partition coefficient (Wildman–Crippen LogP) is 2.12. The maximum atomic E-state index is 12.9. The summed E-state index contributed by atoms with van der Waals surface area (Å²) in [5.74, 6) is -0.493. The molecule has 2 rings (SSSR count). The summed E-state index contributed by atoms with van der Waals surface area (Å²) in [4.78, 5) is 15.6. The van der Waals surface area contributed by atoms with Crippen molar-refractivity contribution in [1.82, 2.24) is 9.80 Å². The number of anilines is 1. The van der Waals surface area contributed by atoms with Crippen LogP contribution in [0.4, 0.5) is 14.9 Å². The first-order chi connectivity index (χ1) is 12.0. The number of ether oxygens (including phenoxy) is 1. The highest BCUT2D eigenvalue weighted by molar-refractivity contribution is 7.92. The zero-order valence-electron chi connectivity index (χ0n) is 15.4. The van der Waals surface area contributed by atoms with Crippen molar-refractivity contribution < 1.29 is 22.3 Å². The smallest absolute Gasteiger partial charge is 0.410 e. The average molecular weight is 387 g/mol. The highest BCUT2D eigenvalue weighted by atomic mass is 32.2. The Kier molecular flexibility index (Phi) is 6.46. The molecule has 1 aliphatic rings. The summed E-state index contributed by atoms with van der Waals surface area (Å²) in [5, 5.41) is 0. The van der Waals surface area contributed by atoms with Crippen LogP contribution in [-0.4, -0.2) is 68.4 Å². The van der Waals surface area contributed by atoms with Crippen molar-refractivity contribution in [3.05, 3.63) is 30.1 Å². The fraction of sp³-hybridized carbons (Fsp3) is 0.588. The van der Waals surface area contributed by atoms with Crippen LogP contribution in [0.25, 0.3) is 0 Å². The van der Waals surface area contributed by atoms with Crippen LogP contribution < -0.4 is 4.72 Å². The van der Waals surface area contributed by atoms with E-state index in [2.05, 4.69) is 4.72 Å². The number of halogens is 1. The van der Waals surface area contributed by atoms with E-state index in [0.29, 0.717) is 38.4 Å². The number of amides is 1. The lowest BCUT2D eigenvalue weighted by Crippen LogP contribution is -2.50. The summed E-state index contributed by atoms with van der Waals surface area (Å²) in [7, 11) is -3.52. The van der Waals surface area contributed by atoms with Gasteiger partial charge in [0.05, 0.1) is 5.75 Å². The van der Waals surface area contributed by atoms with E-state index < -0.39 is 21.4 Å². The van der Waals surface area contributed by atoms with Crippen LogP contribution in [0, 0.1) is 5.82 Å². The van der Waals surface area contributed by atoms with Crippen molar-refractivity contribution >= 4 is 21.8 Å². The van der Waals surface area contributed by atoms with Gasteiger partial charge in [0.1, 0.15) is 11.4 Å². The first-order valence-electron chi connectivity index (χ1n) is 8.50. The van der Waals surface area contributed by atoms with Gasteiger partial charge in [-0.2, -0.15) is 0 Å². The monoisotopic (exact) mass is 387 g/mol. The van der Waals surface area contributed by atoms with Gasteiger partial charge in [0.25, 0.3) is 0 Å². The molecule has 1 N–H and O–H groups in total. The van der Waals surface area contributed by atoms with Crippen molar-refractivity contribution in [2.24, 2.45) is 0 Å². The number of carbonyl (C=O) groups is 1. The first-order valence-corrected chi connectivity index (χ1v) is 10.2. The number of benzene rings is 1. The number of piperazine rings is 1. The second kappa shape index (κ2) is 8.22. The quantitative estimate of drug-likeness (QED) is 0.837. The van der Waals surface area contributed by atoms with Gasteiger partial charge in [-0.1, -0.05) is 0 Å². The van der Waals surface area contributed by atoms with E-state index in [0.717, 1.165) is 0 Å². The van der Waals surface area contributed by atoms with Crippen molar-refractivity contribution in [3.63, 3.8) is 0 Å². The Hall–Kier alpha value is -1.87. The van der Waals surface area contributed by atoms with Crippen molar-refractivity contribution in [1.29, 1.82) is 0 Å². The van der Waals surface area contributed by atoms with Gasteiger partial charge in [-0.25, -0.2) is 17.6 Å². The minimum absolute atomic E-state index is 0.0726. The van der Waals surface area contributed by atoms with Gasteiger partial charge < -0.3 is 9.64 Å². The normalized spacial score (nSPS) is 16.4. The Morgan fingerprint density at radius 2 is 1.73 bits per heavy atom. The molecule has 9 heteroatoms. The molecule has 7 nitrogen and oxygen atoms in total. The second-order valence-corrected chi connectivity index (χ2v) is 9.08. The Bertz CT molecular complexity index is 709. The van der Waals surface area contributed by atoms with Gasteiger partial charge in [-0.3, -0.25) is 9.62 Å². The van der Waals surface area contributed by atoms with Gasteiger partial charge in [0, 0.05) is 38.4 Å². The molecule has 0 atom stereocenters. The third-order valence-corrected chi connectivity index (χ3v) is 5.08. The SMILES string of the molecule is CC(C)(C)OC(=O)N1CCN(CCS(=O)(=O)Nc2ccc(F)cc2)CC1. The summed E-state index contributed by atoms with van der Waals surface area (Å²) >= 11 is 0. The Morgan fingerprint density at radius 3 is 2.27 bits per heavy atom. The summed E-state index contributed by atoms with van der Waals surface area (Å²) < 4.78 is 44.9. The third-order valence-electron chi connectivity index (χ3n) is 3.82. The zero-order chi connectivity index (χ0) is 19.4. The van der Waals surface area contributed by atoms with E-state index in [9.17, 15) is 17.6 Å². The molecule has 1 aromatic carbocycles. The molecule has 1 saturated heterocycles. The number of rotatable bonds is 5. The molecule has 146 valence electrons. The second-order valence-electron chi connectivity index (χ2n) is 7.24. The first kappa shape index (κ1) is 20.4. The number of sulfonamides is 1. The number of nitrogens with zero attached hydrogens (tertiary/aromatic N) is 2. The summed E-state index contributed by atoms with van der Waals surface area (Å²) in [6.07, 6.45) is -0.345. The van der Waals surface area contributed by atoms with E-state index in [4.69, 9.17) is 4.74 Å². The fourth-order valence-corrected chi connectivity index (χ4v) is 3.57. The average Bonchev–Trinajstić information content (AvgIpc) is 2.54. The lowest BCUT2D eigenvalue weighted by molar-refractivity contribution is 0.0150. The van der Waals surface area contributed by atoms with Gasteiger partial charge in [0.2, 0.25) is 10.0 Å². The van der Waals surface area contributed by atoms with Crippen LogP contribution in [0.2, 0.25) is 0 Å². The number of carbonyl (C=O) groups excluding carboxylic acids is 1. The molecule has 1 aliphatic heterocycles. The molecule has 1 amide bonds. The minimum atomic E-state index is -3.52. The fourth-order valence-electron chi connectivity index (χ4n) is 2.48. The molecule has 0 saturated carbocycles. The zero-order valence-corrected chi connectivity index (χ0v) is 16.2. The standard InChI is InChI=1S/C17H26FN3O4S/c1-17(2,3)25-16(22)21-10-8-20(9-11-21)12-13-26(23,24)19-15-6-4-14(18)5-7-15/h4-7,19H,8-13H2,1-3H3. The summed E-state index contributed by atoms with van der Waals surface area (Å²) in [5.41, 5.74) is -0.199. The van der Waals surface area contributed by atoms with Crippen LogP contribution in [0.3, 0.4) is 0 Å². The van der Waals surface area contributed by atoms with Gasteiger partial charge in [-0.05, 0) is 45.0 Å². The maximum absolute atomic E-state index is 12.9. The molecule has 0 aromatic heterocycles. The van der Waals surface area contributed by atoms with E-state index in [1.54, 1.807) is 4.90 Å². The Balaban J connectivity index is 1.77. The molecule has 0 radical (unpaired) electrons. The summed E-state index contributed by atoms with van der Waals surface area (Å²) in [6, 6.07) is 5.17. The Morgan fingerprint density at radius 1 is 1.15 bits per heavy atom. The van der Waals surface area contributed by atoms with Crippen molar-refractivity contribution in [2.75, 3.05) is 43.2 Å². The molecule has 26 heavy (non-hydrogen) atoms. The largest absolute Gasteiger partial charge is 0.444 e. The topological polar surface area (TPSA) is 79.0 Å². The number of hydrogen-bond acceptors (Lipinski definition) is 5. The highest BCUT2D eigenvalue weighted by Crippen LogP contribution is 2.13. The minimum Gasteiger partial charge on any atom is -0.444 e. The van der Waals surface area contributed by atoms with Crippen LogP contribution in [0.15, 0.2) is 24.3 Å². The van der Waals surface area contributed by atoms with E-state index >= 15 is 0 Å². The van der Waals surface area contributed by atoms with Gasteiger partial charge in [0.15, 0.2) is 0 Å². The molecule has 0 spiro atoms. The van der Waals surface area contributed by atoms with Crippen LogP contribution >= 0.6 is 0 Å². The third kappa shape index (κ3) is 6.80. The number of hydrogen-bond donors (Lipinski definition) is 1. The maximum Gasteiger partial charge on any atom is 0.410 e. The Labute approximate surface area is 154 Å². The molecular formula is C17H26FN3O4S. The summed E-state index contributed by atoms with van der Waals surface area (Å²) in [6.45, 7) is 8.00. The van der Waals surface area contributed by atoms with E-state index in [-0.39, 0.29) is 11.8 Å². The molecule has 0 aliphatic carbocycles. The molecule has 1 heterocycles. The van der Waals surface area contributed by atoms with Gasteiger partial charge >= 0.3 is 6.09 Å². The van der Waals surface area contributed by atoms with Crippen molar-refractivity contribution in [2.45, 2.75) is 26.4 Å². The van der Waals surface area contributed by atoms with Crippen LogP contribution in [-0.2, 0) is 14.8 Å². The lowest BCUT2D eigenvalue weighted by Gasteiger charge is -2.35. The lowest BCUT2D eigenvalue weighted by atomic mass is 10.2. The highest BCUT2D eigenvalue weighted by Gasteiger charge is 2.26. The molecule has 1 aromatic rings. The molecule has 1 fully saturated rings. The van der Waals surface area contributed by atoms with Gasteiger partial charge in [-0.15, -0.1) is 0 Å². The van der Waals surface area contributed by atoms with E-state index in [1.165, 1.54) is 24.3 Å². The molecule has 0 bridgehead atoms. The molecule has 0 unspecified atom stereocenters. The van der Waals surface area contributed by atoms with E-state index in [1.807, 2.05) is 25.7 Å². The van der Waals surface area contributed by atoms with Crippen molar-refractivity contribution in [3.8, 4) is 0 Å². The van der Waals surface area contributed by atoms with Crippen LogP contribution in [0.1, 0.15) is 20.8 Å². The molecular weight excluding hydrogens is 361 g/mol.